The van der Waals surface area contributed by atoms with Crippen molar-refractivity contribution in [2.75, 3.05) is 31.1 Å². The van der Waals surface area contributed by atoms with Crippen LogP contribution < -0.4 is 4.90 Å². The fourth-order valence-electron chi connectivity index (χ4n) is 5.42. The molecule has 4 aliphatic heterocycles. The molecule has 0 aliphatic carbocycles. The molecule has 0 bridgehead atoms. The standard InChI is InChI=1S/C23H25N9O2S/c1-2-11-30(10-1)32-18(20-26-6-7-27-20)19(21-28-9-15-35-21)31(17-4-3-5-25-17)23(32,22-33-13-14-34-22)29-12-8-24-16-29/h3-7,9,13-16,22,25H,1-2,8,10-12H2,(H,26,27). The highest BCUT2D eigenvalue weighted by atomic mass is 32.1. The summed E-state index contributed by atoms with van der Waals surface area (Å²) in [7, 11) is 0. The second-order valence-corrected chi connectivity index (χ2v) is 9.51. The summed E-state index contributed by atoms with van der Waals surface area (Å²) in [5, 5.41) is 7.56. The molecule has 4 aliphatic rings. The van der Waals surface area contributed by atoms with Crippen LogP contribution in [0.1, 0.15) is 23.7 Å². The van der Waals surface area contributed by atoms with E-state index in [1.165, 1.54) is 0 Å². The molecule has 0 radical (unpaired) electrons. The lowest BCUT2D eigenvalue weighted by Gasteiger charge is -2.53. The molecule has 7 rings (SSSR count). The number of aliphatic imine (C=N–C) groups is 1. The van der Waals surface area contributed by atoms with Gasteiger partial charge in [0.2, 0.25) is 0 Å². The molecule has 35 heavy (non-hydrogen) atoms. The predicted octanol–water partition coefficient (Wildman–Crippen LogP) is 2.69. The molecular formula is C23H25N9O2S. The van der Waals surface area contributed by atoms with Crippen molar-refractivity contribution < 1.29 is 9.47 Å². The van der Waals surface area contributed by atoms with Crippen molar-refractivity contribution in [1.29, 1.82) is 0 Å². The number of ether oxygens (including phenoxy) is 2. The molecule has 0 spiro atoms. The normalized spacial score (nSPS) is 24.9. The molecule has 3 aromatic heterocycles. The molecule has 0 amide bonds. The lowest BCUT2D eigenvalue weighted by molar-refractivity contribution is -0.209. The van der Waals surface area contributed by atoms with Crippen molar-refractivity contribution >= 4 is 34.9 Å². The van der Waals surface area contributed by atoms with Crippen molar-refractivity contribution in [3.63, 3.8) is 0 Å². The van der Waals surface area contributed by atoms with Gasteiger partial charge in [-0.25, -0.2) is 20.0 Å². The summed E-state index contributed by atoms with van der Waals surface area (Å²) in [4.78, 5) is 25.4. The minimum Gasteiger partial charge on any atom is -0.453 e. The summed E-state index contributed by atoms with van der Waals surface area (Å²) < 4.78 is 12.4. The molecule has 1 saturated heterocycles. The molecule has 2 N–H and O–H groups in total. The van der Waals surface area contributed by atoms with E-state index in [9.17, 15) is 0 Å². The van der Waals surface area contributed by atoms with Gasteiger partial charge in [0.25, 0.3) is 5.79 Å². The molecule has 180 valence electrons. The van der Waals surface area contributed by atoms with Gasteiger partial charge in [-0.3, -0.25) is 9.89 Å². The smallest absolute Gasteiger partial charge is 0.304 e. The first kappa shape index (κ1) is 20.6. The number of rotatable bonds is 6. The minimum atomic E-state index is -0.970. The first-order valence-electron chi connectivity index (χ1n) is 11.7. The summed E-state index contributed by atoms with van der Waals surface area (Å²) in [6.45, 7) is 3.21. The van der Waals surface area contributed by atoms with Crippen molar-refractivity contribution in [3.8, 4) is 0 Å². The Morgan fingerprint density at radius 1 is 1.00 bits per heavy atom. The van der Waals surface area contributed by atoms with Gasteiger partial charge in [0.05, 0.1) is 12.9 Å². The number of thiazole rings is 1. The average Bonchev–Trinajstić information content (AvgIpc) is 3.71. The first-order valence-corrected chi connectivity index (χ1v) is 12.6. The number of aromatic nitrogens is 4. The van der Waals surface area contributed by atoms with Crippen LogP contribution in [-0.2, 0) is 9.47 Å². The van der Waals surface area contributed by atoms with Crippen LogP contribution in [0.4, 0.5) is 5.82 Å². The quantitative estimate of drug-likeness (QED) is 0.543. The van der Waals surface area contributed by atoms with E-state index in [2.05, 4.69) is 40.8 Å². The number of anilines is 1. The monoisotopic (exact) mass is 491 g/mol. The van der Waals surface area contributed by atoms with E-state index in [4.69, 9.17) is 19.4 Å². The van der Waals surface area contributed by atoms with Crippen LogP contribution in [0.25, 0.3) is 11.4 Å². The third-order valence-corrected chi connectivity index (χ3v) is 7.52. The van der Waals surface area contributed by atoms with E-state index in [1.807, 2.05) is 36.4 Å². The Kier molecular flexibility index (Phi) is 4.81. The van der Waals surface area contributed by atoms with E-state index in [0.29, 0.717) is 13.1 Å². The SMILES string of the molecule is C1=COC(C2(N3C=NCC3)N(c3ccc[nH]3)C(c3nccs3)=C(c3ncc[nH]3)N2N2CCCC2)O1. The van der Waals surface area contributed by atoms with Crippen molar-refractivity contribution in [2.24, 2.45) is 4.99 Å². The van der Waals surface area contributed by atoms with Gasteiger partial charge in [0.1, 0.15) is 34.7 Å². The number of hydrogen-bond donors (Lipinski definition) is 2. The lowest BCUT2D eigenvalue weighted by atomic mass is 10.2. The Labute approximate surface area is 206 Å². The molecule has 0 aromatic carbocycles. The molecule has 12 heteroatoms. The van der Waals surface area contributed by atoms with Gasteiger partial charge in [-0.05, 0) is 25.0 Å². The van der Waals surface area contributed by atoms with E-state index in [0.717, 1.165) is 54.0 Å². The number of imidazole rings is 1. The summed E-state index contributed by atoms with van der Waals surface area (Å²) in [6.07, 6.45) is 14.1. The number of H-pyrrole nitrogens is 2. The number of hydrazine groups is 1. The number of nitrogens with one attached hydrogen (secondary N) is 2. The van der Waals surface area contributed by atoms with E-state index in [1.54, 1.807) is 30.1 Å². The van der Waals surface area contributed by atoms with Gasteiger partial charge >= 0.3 is 6.29 Å². The van der Waals surface area contributed by atoms with Crippen LogP contribution in [-0.4, -0.2) is 79.4 Å². The molecule has 3 aromatic rings. The highest BCUT2D eigenvalue weighted by molar-refractivity contribution is 7.10. The number of aromatic amines is 2. The second kappa shape index (κ2) is 8.17. The van der Waals surface area contributed by atoms with Crippen LogP contribution in [0.3, 0.4) is 0 Å². The number of nitrogens with zero attached hydrogens (tertiary/aromatic N) is 7. The molecule has 0 saturated carbocycles. The Hall–Kier alpha value is -3.77. The Morgan fingerprint density at radius 3 is 2.54 bits per heavy atom. The van der Waals surface area contributed by atoms with E-state index < -0.39 is 12.1 Å². The summed E-state index contributed by atoms with van der Waals surface area (Å²) in [5.41, 5.74) is 1.84. The van der Waals surface area contributed by atoms with Crippen LogP contribution in [0, 0.1) is 0 Å². The van der Waals surface area contributed by atoms with Crippen LogP contribution in [0.5, 0.6) is 0 Å². The van der Waals surface area contributed by atoms with Gasteiger partial charge in [0.15, 0.2) is 5.82 Å². The maximum Gasteiger partial charge on any atom is 0.304 e. The first-order chi connectivity index (χ1) is 17.4. The highest BCUT2D eigenvalue weighted by Gasteiger charge is 2.66. The van der Waals surface area contributed by atoms with Crippen LogP contribution in [0.15, 0.2) is 59.8 Å². The molecule has 7 heterocycles. The van der Waals surface area contributed by atoms with Crippen molar-refractivity contribution in [3.05, 3.63) is 65.7 Å². The van der Waals surface area contributed by atoms with Gasteiger partial charge in [-0.15, -0.1) is 11.3 Å². The maximum absolute atomic E-state index is 6.20. The Balaban J connectivity index is 1.57. The largest absolute Gasteiger partial charge is 0.453 e. The molecule has 1 atom stereocenters. The fraction of sp³-hybridized carbons (Fsp3) is 0.348. The third kappa shape index (κ3) is 2.96. The molecule has 11 nitrogen and oxygen atoms in total. The van der Waals surface area contributed by atoms with Gasteiger partial charge in [0, 0.05) is 49.8 Å². The Morgan fingerprint density at radius 2 is 1.89 bits per heavy atom. The van der Waals surface area contributed by atoms with Crippen LogP contribution in [0.2, 0.25) is 0 Å². The summed E-state index contributed by atoms with van der Waals surface area (Å²) in [6, 6.07) is 4.06. The summed E-state index contributed by atoms with van der Waals surface area (Å²) >= 11 is 1.59. The van der Waals surface area contributed by atoms with Gasteiger partial charge < -0.3 is 24.3 Å². The average molecular weight is 492 g/mol. The zero-order valence-corrected chi connectivity index (χ0v) is 19.8. The fourth-order valence-corrected chi connectivity index (χ4v) is 6.10. The van der Waals surface area contributed by atoms with Gasteiger partial charge in [-0.2, -0.15) is 0 Å². The second-order valence-electron chi connectivity index (χ2n) is 8.61. The van der Waals surface area contributed by atoms with E-state index >= 15 is 0 Å². The third-order valence-electron chi connectivity index (χ3n) is 6.74. The maximum atomic E-state index is 6.20. The van der Waals surface area contributed by atoms with Crippen molar-refractivity contribution in [1.82, 2.24) is 34.9 Å². The molecule has 1 fully saturated rings. The highest BCUT2D eigenvalue weighted by Crippen LogP contribution is 2.53. The summed E-state index contributed by atoms with van der Waals surface area (Å²) in [5.74, 6) is 0.671. The molecular weight excluding hydrogens is 466 g/mol. The Bertz CT molecular complexity index is 1240. The van der Waals surface area contributed by atoms with E-state index in [-0.39, 0.29) is 0 Å². The number of hydrogen-bond acceptors (Lipinski definition) is 10. The predicted molar refractivity (Wildman–Crippen MR) is 131 cm³/mol. The topological polar surface area (TPSA) is 101 Å². The molecule has 1 unspecified atom stereocenters. The zero-order valence-electron chi connectivity index (χ0n) is 18.9. The van der Waals surface area contributed by atoms with Crippen molar-refractivity contribution in [2.45, 2.75) is 24.9 Å². The zero-order chi connectivity index (χ0) is 23.2. The van der Waals surface area contributed by atoms with Crippen LogP contribution >= 0.6 is 11.3 Å². The minimum absolute atomic E-state index is 0.682. The lowest BCUT2D eigenvalue weighted by Crippen LogP contribution is -2.74. The van der Waals surface area contributed by atoms with Gasteiger partial charge in [-0.1, -0.05) is 0 Å².